The quantitative estimate of drug-likeness (QED) is 0.490. The number of nitrogens with zero attached hydrogens (tertiary/aromatic N) is 3. The van der Waals surface area contributed by atoms with Gasteiger partial charge in [-0.2, -0.15) is 4.98 Å². The average Bonchev–Trinajstić information content (AvgIpc) is 3.21. The van der Waals surface area contributed by atoms with E-state index >= 15 is 0 Å². The fourth-order valence-corrected chi connectivity index (χ4v) is 3.14. The number of carbonyl (C=O) groups is 1. The summed E-state index contributed by atoms with van der Waals surface area (Å²) in [6, 6.07) is 11.3. The molecule has 4 aromatic rings. The molecule has 3 aromatic heterocycles. The monoisotopic (exact) mass is 403 g/mol. The zero-order chi connectivity index (χ0) is 20.9. The van der Waals surface area contributed by atoms with Crippen molar-refractivity contribution in [3.05, 3.63) is 76.2 Å². The second-order valence-corrected chi connectivity index (χ2v) is 7.11. The van der Waals surface area contributed by atoms with Crippen molar-refractivity contribution in [1.29, 1.82) is 0 Å². The number of aryl methyl sites for hydroxylation is 2. The third kappa shape index (κ3) is 4.60. The highest BCUT2D eigenvalue weighted by Gasteiger charge is 2.14. The van der Waals surface area contributed by atoms with Crippen LogP contribution in [0, 0.1) is 6.92 Å². The fourth-order valence-electron chi connectivity index (χ4n) is 3.14. The molecule has 0 spiro atoms. The van der Waals surface area contributed by atoms with E-state index in [1.165, 1.54) is 0 Å². The minimum absolute atomic E-state index is 0.0557. The standard InChI is InChI=1S/C22H21N5O3/c1-14-7-8-16-11-17(22(29)25-18(16)10-14)21-26-20(30-27-21)6-2-5-19(28)24-13-15-4-3-9-23-12-15/h3-4,7-12H,2,5-6,13H2,1H3,(H,24,28)(H,25,29). The van der Waals surface area contributed by atoms with E-state index in [9.17, 15) is 9.59 Å². The lowest BCUT2D eigenvalue weighted by Crippen LogP contribution is -2.22. The second kappa shape index (κ2) is 8.69. The molecule has 3 heterocycles. The number of carbonyl (C=O) groups excluding carboxylic acids is 1. The van der Waals surface area contributed by atoms with Crippen LogP contribution in [-0.4, -0.2) is 26.0 Å². The predicted molar refractivity (Wildman–Crippen MR) is 112 cm³/mol. The number of amides is 1. The van der Waals surface area contributed by atoms with Crippen molar-refractivity contribution >= 4 is 16.8 Å². The van der Waals surface area contributed by atoms with Crippen LogP contribution in [0.3, 0.4) is 0 Å². The van der Waals surface area contributed by atoms with E-state index in [0.29, 0.717) is 37.3 Å². The van der Waals surface area contributed by atoms with Crippen molar-refractivity contribution in [2.45, 2.75) is 32.7 Å². The van der Waals surface area contributed by atoms with Crippen LogP contribution in [0.1, 0.15) is 29.9 Å². The molecule has 0 bridgehead atoms. The first-order valence-electron chi connectivity index (χ1n) is 9.71. The molecule has 8 heteroatoms. The van der Waals surface area contributed by atoms with Gasteiger partial charge in [-0.05, 0) is 48.1 Å². The van der Waals surface area contributed by atoms with Gasteiger partial charge in [0, 0.05) is 37.3 Å². The summed E-state index contributed by atoms with van der Waals surface area (Å²) in [5.74, 6) is 0.586. The topological polar surface area (TPSA) is 114 Å². The highest BCUT2D eigenvalue weighted by molar-refractivity contribution is 5.82. The van der Waals surface area contributed by atoms with Crippen LogP contribution in [0.2, 0.25) is 0 Å². The summed E-state index contributed by atoms with van der Waals surface area (Å²) in [5.41, 5.74) is 2.87. The van der Waals surface area contributed by atoms with Crippen LogP contribution in [0.25, 0.3) is 22.3 Å². The van der Waals surface area contributed by atoms with Crippen molar-refractivity contribution in [3.8, 4) is 11.4 Å². The second-order valence-electron chi connectivity index (χ2n) is 7.11. The molecule has 1 amide bonds. The molecule has 0 aliphatic carbocycles. The lowest BCUT2D eigenvalue weighted by molar-refractivity contribution is -0.121. The molecule has 0 radical (unpaired) electrons. The van der Waals surface area contributed by atoms with E-state index in [1.807, 2.05) is 37.3 Å². The van der Waals surface area contributed by atoms with Gasteiger partial charge in [0.2, 0.25) is 17.6 Å². The minimum Gasteiger partial charge on any atom is -0.352 e. The smallest absolute Gasteiger partial charge is 0.259 e. The molecular formula is C22H21N5O3. The largest absolute Gasteiger partial charge is 0.352 e. The van der Waals surface area contributed by atoms with Gasteiger partial charge in [-0.15, -0.1) is 0 Å². The summed E-state index contributed by atoms with van der Waals surface area (Å²) in [6.45, 7) is 2.41. The number of hydrogen-bond acceptors (Lipinski definition) is 6. The van der Waals surface area contributed by atoms with Gasteiger partial charge < -0.3 is 14.8 Å². The maximum absolute atomic E-state index is 12.4. The van der Waals surface area contributed by atoms with E-state index in [4.69, 9.17) is 4.52 Å². The van der Waals surface area contributed by atoms with Crippen LogP contribution < -0.4 is 10.9 Å². The molecule has 0 saturated heterocycles. The summed E-state index contributed by atoms with van der Waals surface area (Å²) in [7, 11) is 0. The molecule has 0 aliphatic rings. The van der Waals surface area contributed by atoms with Gasteiger partial charge in [0.25, 0.3) is 5.56 Å². The zero-order valence-corrected chi connectivity index (χ0v) is 16.5. The normalized spacial score (nSPS) is 11.0. The van der Waals surface area contributed by atoms with E-state index in [1.54, 1.807) is 18.5 Å². The van der Waals surface area contributed by atoms with Crippen molar-refractivity contribution in [2.75, 3.05) is 0 Å². The third-order valence-electron chi connectivity index (χ3n) is 4.72. The van der Waals surface area contributed by atoms with Gasteiger partial charge >= 0.3 is 0 Å². The maximum Gasteiger partial charge on any atom is 0.259 e. The zero-order valence-electron chi connectivity index (χ0n) is 16.5. The number of benzene rings is 1. The molecule has 0 atom stereocenters. The van der Waals surface area contributed by atoms with Gasteiger partial charge in [0.15, 0.2) is 0 Å². The molecule has 0 unspecified atom stereocenters. The minimum atomic E-state index is -0.268. The first kappa shape index (κ1) is 19.5. The number of nitrogens with one attached hydrogen (secondary N) is 2. The summed E-state index contributed by atoms with van der Waals surface area (Å²) < 4.78 is 5.26. The Kier molecular flexibility index (Phi) is 5.65. The number of H-pyrrole nitrogens is 1. The van der Waals surface area contributed by atoms with Gasteiger partial charge in [0.1, 0.15) is 0 Å². The SMILES string of the molecule is Cc1ccc2cc(-c3noc(CCCC(=O)NCc4cccnc4)n3)c(=O)[nH]c2c1. The Bertz CT molecular complexity index is 1230. The highest BCUT2D eigenvalue weighted by atomic mass is 16.5. The van der Waals surface area contributed by atoms with Gasteiger partial charge in [-0.1, -0.05) is 23.4 Å². The molecule has 0 aliphatic heterocycles. The van der Waals surface area contributed by atoms with E-state index in [0.717, 1.165) is 22.0 Å². The molecule has 0 saturated carbocycles. The van der Waals surface area contributed by atoms with Crippen LogP contribution >= 0.6 is 0 Å². The summed E-state index contributed by atoms with van der Waals surface area (Å²) in [5, 5.41) is 7.68. The average molecular weight is 403 g/mol. The maximum atomic E-state index is 12.4. The van der Waals surface area contributed by atoms with Gasteiger partial charge in [-0.25, -0.2) is 0 Å². The van der Waals surface area contributed by atoms with E-state index in [-0.39, 0.29) is 17.3 Å². The lowest BCUT2D eigenvalue weighted by Gasteiger charge is -2.04. The fraction of sp³-hybridized carbons (Fsp3) is 0.227. The predicted octanol–water partition coefficient (Wildman–Crippen LogP) is 2.92. The molecular weight excluding hydrogens is 382 g/mol. The molecule has 30 heavy (non-hydrogen) atoms. The van der Waals surface area contributed by atoms with Crippen molar-refractivity contribution in [2.24, 2.45) is 0 Å². The van der Waals surface area contributed by atoms with Crippen LogP contribution in [0.4, 0.5) is 0 Å². The summed E-state index contributed by atoms with van der Waals surface area (Å²) >= 11 is 0. The van der Waals surface area contributed by atoms with Gasteiger partial charge in [0.05, 0.1) is 5.56 Å². The van der Waals surface area contributed by atoms with Crippen LogP contribution in [0.5, 0.6) is 0 Å². The molecule has 152 valence electrons. The Morgan fingerprint density at radius 1 is 1.23 bits per heavy atom. The van der Waals surface area contributed by atoms with E-state index < -0.39 is 0 Å². The first-order valence-corrected chi connectivity index (χ1v) is 9.71. The molecule has 0 fully saturated rings. The first-order chi connectivity index (χ1) is 14.6. The van der Waals surface area contributed by atoms with E-state index in [2.05, 4.69) is 25.4 Å². The van der Waals surface area contributed by atoms with Crippen molar-refractivity contribution in [3.63, 3.8) is 0 Å². The Morgan fingerprint density at radius 3 is 2.97 bits per heavy atom. The number of aromatic amines is 1. The summed E-state index contributed by atoms with van der Waals surface area (Å²) in [6.07, 6.45) is 4.77. The number of pyridine rings is 2. The van der Waals surface area contributed by atoms with Gasteiger partial charge in [-0.3, -0.25) is 14.6 Å². The summed E-state index contributed by atoms with van der Waals surface area (Å²) in [4.78, 5) is 35.6. The Labute approximate surface area is 172 Å². The number of rotatable bonds is 7. The third-order valence-corrected chi connectivity index (χ3v) is 4.72. The molecule has 2 N–H and O–H groups in total. The molecule has 1 aromatic carbocycles. The molecule has 8 nitrogen and oxygen atoms in total. The number of hydrogen-bond donors (Lipinski definition) is 2. The van der Waals surface area contributed by atoms with Crippen LogP contribution in [0.15, 0.2) is 58.1 Å². The number of fused-ring (bicyclic) bond motifs is 1. The lowest BCUT2D eigenvalue weighted by atomic mass is 10.1. The van der Waals surface area contributed by atoms with Crippen molar-refractivity contribution < 1.29 is 9.32 Å². The highest BCUT2D eigenvalue weighted by Crippen LogP contribution is 2.18. The van der Waals surface area contributed by atoms with Crippen LogP contribution in [-0.2, 0) is 17.8 Å². The Hall–Kier alpha value is -3.81. The number of aromatic nitrogens is 4. The van der Waals surface area contributed by atoms with Crippen molar-refractivity contribution in [1.82, 2.24) is 25.4 Å². The Morgan fingerprint density at radius 2 is 2.13 bits per heavy atom. The molecule has 4 rings (SSSR count). The Balaban J connectivity index is 1.35.